The fourth-order valence-electron chi connectivity index (χ4n) is 2.79. The van der Waals surface area contributed by atoms with Gasteiger partial charge in [-0.2, -0.15) is 12.6 Å². The molecule has 0 aromatic heterocycles. The van der Waals surface area contributed by atoms with Gasteiger partial charge in [-0.05, 0) is 6.07 Å². The molecule has 1 heterocycles. The Kier molecular flexibility index (Phi) is 5.39. The van der Waals surface area contributed by atoms with Crippen LogP contribution < -0.4 is 11.1 Å². The molecule has 2 aromatic carbocycles. The van der Waals surface area contributed by atoms with Crippen molar-refractivity contribution in [3.63, 3.8) is 0 Å². The Morgan fingerprint density at radius 1 is 1.23 bits per heavy atom. The molecule has 1 aliphatic heterocycles. The van der Waals surface area contributed by atoms with E-state index in [1.54, 1.807) is 7.05 Å². The molecule has 6 nitrogen and oxygen atoms in total. The highest BCUT2D eigenvalue weighted by Gasteiger charge is 2.31. The summed E-state index contributed by atoms with van der Waals surface area (Å²) in [6.45, 7) is 0. The molecule has 0 radical (unpaired) electrons. The second kappa shape index (κ2) is 7.72. The molecule has 3 rings (SSSR count). The van der Waals surface area contributed by atoms with Crippen LogP contribution in [-0.4, -0.2) is 41.0 Å². The zero-order valence-corrected chi connectivity index (χ0v) is 15.2. The molecular weight excluding hydrogens is 348 g/mol. The second-order valence-corrected chi connectivity index (χ2v) is 6.69. The molecule has 2 amide bonds. The summed E-state index contributed by atoms with van der Waals surface area (Å²) in [4.78, 5) is 31.0. The minimum atomic E-state index is -0.989. The van der Waals surface area contributed by atoms with Crippen molar-refractivity contribution in [2.45, 2.75) is 18.0 Å². The first kappa shape index (κ1) is 18.2. The van der Waals surface area contributed by atoms with Crippen LogP contribution in [0, 0.1) is 0 Å². The van der Waals surface area contributed by atoms with E-state index < -0.39 is 11.5 Å². The summed E-state index contributed by atoms with van der Waals surface area (Å²) in [6.07, 6.45) is -0.968. The van der Waals surface area contributed by atoms with Crippen LogP contribution in [0.1, 0.15) is 17.5 Å². The zero-order chi connectivity index (χ0) is 18.7. The number of thiol groups is 1. The molecule has 0 aliphatic carbocycles. The van der Waals surface area contributed by atoms with E-state index in [1.165, 1.54) is 4.90 Å². The maximum Gasteiger partial charge on any atom is 0.269 e. The monoisotopic (exact) mass is 368 g/mol. The van der Waals surface area contributed by atoms with Crippen LogP contribution in [-0.2, 0) is 9.59 Å². The molecule has 0 spiro atoms. The van der Waals surface area contributed by atoms with Gasteiger partial charge in [-0.15, -0.1) is 0 Å². The molecule has 7 heteroatoms. The Hall–Kier alpha value is -2.64. The number of likely N-dealkylation sites (N-methyl/N-ethyl adjacent to an activating group) is 1. The van der Waals surface area contributed by atoms with Crippen molar-refractivity contribution in [1.82, 2.24) is 4.90 Å². The van der Waals surface area contributed by atoms with Gasteiger partial charge in [0.2, 0.25) is 12.1 Å². The second-order valence-electron chi connectivity index (χ2n) is 6.03. The van der Waals surface area contributed by atoms with Crippen molar-refractivity contribution < 1.29 is 9.59 Å². The fraction of sp³-hybridized carbons (Fsp3) is 0.211. The summed E-state index contributed by atoms with van der Waals surface area (Å²) in [6, 6.07) is 17.0. The zero-order valence-electron chi connectivity index (χ0n) is 14.3. The lowest BCUT2D eigenvalue weighted by Crippen LogP contribution is -2.44. The van der Waals surface area contributed by atoms with Crippen molar-refractivity contribution in [3.05, 3.63) is 65.7 Å². The smallest absolute Gasteiger partial charge is 0.269 e. The van der Waals surface area contributed by atoms with Crippen molar-refractivity contribution in [2.75, 3.05) is 12.4 Å². The number of carbonyl (C=O) groups is 2. The standard InChI is InChI=1S/C19H20N4O2S/c1-23(16(24)11-15(20)26)18-19(25)21-14-10-6-5-9-13(14)17(22-18)12-7-3-2-4-8-12/h2-10,15,18,26H,11,20H2,1H3,(H,21,25). The minimum absolute atomic E-state index is 0.0204. The molecule has 26 heavy (non-hydrogen) atoms. The van der Waals surface area contributed by atoms with Gasteiger partial charge in [0.25, 0.3) is 5.91 Å². The van der Waals surface area contributed by atoms with E-state index in [4.69, 9.17) is 5.73 Å². The Bertz CT molecular complexity index is 852. The number of anilines is 1. The summed E-state index contributed by atoms with van der Waals surface area (Å²) < 4.78 is 0. The van der Waals surface area contributed by atoms with E-state index in [0.29, 0.717) is 11.4 Å². The molecule has 0 fully saturated rings. The van der Waals surface area contributed by atoms with Gasteiger partial charge in [-0.25, -0.2) is 4.99 Å². The van der Waals surface area contributed by atoms with Crippen LogP contribution in [0.5, 0.6) is 0 Å². The van der Waals surface area contributed by atoms with Gasteiger partial charge in [0.15, 0.2) is 0 Å². The highest BCUT2D eigenvalue weighted by atomic mass is 32.1. The van der Waals surface area contributed by atoms with Crippen LogP contribution in [0.3, 0.4) is 0 Å². The van der Waals surface area contributed by atoms with Gasteiger partial charge in [0.1, 0.15) is 0 Å². The molecular formula is C19H20N4O2S. The van der Waals surface area contributed by atoms with Crippen molar-refractivity contribution >= 4 is 35.8 Å². The summed E-state index contributed by atoms with van der Waals surface area (Å²) >= 11 is 4.05. The number of hydrogen-bond donors (Lipinski definition) is 3. The van der Waals surface area contributed by atoms with Crippen LogP contribution in [0.2, 0.25) is 0 Å². The average Bonchev–Trinajstić information content (AvgIpc) is 2.77. The number of nitrogens with zero attached hydrogens (tertiary/aromatic N) is 2. The molecule has 2 aromatic rings. The number of nitrogens with two attached hydrogens (primary N) is 1. The maximum atomic E-state index is 12.7. The van der Waals surface area contributed by atoms with Crippen molar-refractivity contribution in [2.24, 2.45) is 10.7 Å². The SMILES string of the molecule is CN(C(=O)CC(N)S)C1N=C(c2ccccc2)c2ccccc2NC1=O. The Morgan fingerprint density at radius 3 is 2.58 bits per heavy atom. The van der Waals surface area contributed by atoms with Crippen LogP contribution in [0.4, 0.5) is 5.69 Å². The lowest BCUT2D eigenvalue weighted by atomic mass is 10.0. The highest BCUT2D eigenvalue weighted by Crippen LogP contribution is 2.25. The number of rotatable bonds is 4. The predicted octanol–water partition coefficient (Wildman–Crippen LogP) is 1.87. The lowest BCUT2D eigenvalue weighted by molar-refractivity contribution is -0.136. The maximum absolute atomic E-state index is 12.7. The quantitative estimate of drug-likeness (QED) is 0.569. The number of benzene rings is 2. The summed E-state index contributed by atoms with van der Waals surface area (Å²) in [5.41, 5.74) is 8.58. The van der Waals surface area contributed by atoms with Gasteiger partial charge in [-0.3, -0.25) is 9.59 Å². The molecule has 3 N–H and O–H groups in total. The molecule has 0 saturated heterocycles. The number of benzodiazepines with no additional fused rings is 1. The molecule has 2 unspecified atom stereocenters. The third-order valence-corrected chi connectivity index (χ3v) is 4.30. The third kappa shape index (κ3) is 3.79. The number of fused-ring (bicyclic) bond motifs is 1. The van der Waals surface area contributed by atoms with Gasteiger partial charge >= 0.3 is 0 Å². The highest BCUT2D eigenvalue weighted by molar-refractivity contribution is 7.80. The molecule has 1 aliphatic rings. The Labute approximate surface area is 157 Å². The molecule has 134 valence electrons. The first-order chi connectivity index (χ1) is 12.5. The summed E-state index contributed by atoms with van der Waals surface area (Å²) in [5, 5.41) is 2.27. The van der Waals surface area contributed by atoms with Crippen LogP contribution in [0.25, 0.3) is 0 Å². The number of amides is 2. The first-order valence-electron chi connectivity index (χ1n) is 8.20. The molecule has 0 saturated carbocycles. The fourth-order valence-corrected chi connectivity index (χ4v) is 2.95. The van der Waals surface area contributed by atoms with E-state index in [0.717, 1.165) is 11.1 Å². The number of nitrogens with one attached hydrogen (secondary N) is 1. The number of para-hydroxylation sites is 1. The summed E-state index contributed by atoms with van der Waals surface area (Å²) in [7, 11) is 1.55. The minimum Gasteiger partial charge on any atom is -0.322 e. The first-order valence-corrected chi connectivity index (χ1v) is 8.72. The van der Waals surface area contributed by atoms with Gasteiger partial charge < -0.3 is 16.0 Å². The van der Waals surface area contributed by atoms with Crippen LogP contribution in [0.15, 0.2) is 59.6 Å². The normalized spacial score (nSPS) is 17.4. The van der Waals surface area contributed by atoms with Gasteiger partial charge in [-0.1, -0.05) is 48.5 Å². The predicted molar refractivity (Wildman–Crippen MR) is 105 cm³/mol. The van der Waals surface area contributed by atoms with E-state index >= 15 is 0 Å². The van der Waals surface area contributed by atoms with E-state index in [9.17, 15) is 9.59 Å². The largest absolute Gasteiger partial charge is 0.322 e. The van der Waals surface area contributed by atoms with Gasteiger partial charge in [0, 0.05) is 18.2 Å². The number of aliphatic imine (C=N–C) groups is 1. The molecule has 0 bridgehead atoms. The Morgan fingerprint density at radius 2 is 1.88 bits per heavy atom. The number of hydrogen-bond acceptors (Lipinski definition) is 5. The Balaban J connectivity index is 2.07. The topological polar surface area (TPSA) is 87.8 Å². The van der Waals surface area contributed by atoms with Crippen molar-refractivity contribution in [1.29, 1.82) is 0 Å². The van der Waals surface area contributed by atoms with E-state index in [-0.39, 0.29) is 18.2 Å². The lowest BCUT2D eigenvalue weighted by Gasteiger charge is -2.24. The third-order valence-electron chi connectivity index (χ3n) is 4.12. The van der Waals surface area contributed by atoms with Crippen LogP contribution >= 0.6 is 12.6 Å². The van der Waals surface area contributed by atoms with Gasteiger partial charge in [0.05, 0.1) is 23.2 Å². The van der Waals surface area contributed by atoms with Crippen molar-refractivity contribution in [3.8, 4) is 0 Å². The summed E-state index contributed by atoms with van der Waals surface area (Å²) in [5.74, 6) is -0.665. The average molecular weight is 368 g/mol. The number of carbonyl (C=O) groups excluding carboxylic acids is 2. The molecule has 2 atom stereocenters. The van der Waals surface area contributed by atoms with E-state index in [1.807, 2.05) is 54.6 Å². The van der Waals surface area contributed by atoms with E-state index in [2.05, 4.69) is 22.9 Å².